The number of unbranched alkanes of at least 4 members (excludes halogenated alkanes) is 22. The van der Waals surface area contributed by atoms with Gasteiger partial charge in [0.25, 0.3) is 0 Å². The highest BCUT2D eigenvalue weighted by atomic mass is 16.7. The molecule has 0 aromatic rings. The highest BCUT2D eigenvalue weighted by Gasteiger charge is 2.47. The van der Waals surface area contributed by atoms with E-state index >= 15 is 0 Å². The number of carbonyl (C=O) groups excluding carboxylic acids is 2. The normalized spacial score (nSPS) is 19.0. The molecule has 0 aliphatic carbocycles. The van der Waals surface area contributed by atoms with Gasteiger partial charge in [0.2, 0.25) is 5.91 Å². The van der Waals surface area contributed by atoms with E-state index in [9.17, 15) is 35.1 Å². The van der Waals surface area contributed by atoms with Crippen LogP contribution in [-0.4, -0.2) is 99.6 Å². The molecule has 0 bridgehead atoms. The van der Waals surface area contributed by atoms with Gasteiger partial charge in [-0.15, -0.1) is 0 Å². The van der Waals surface area contributed by atoms with Crippen molar-refractivity contribution in [1.82, 2.24) is 5.32 Å². The highest BCUT2D eigenvalue weighted by Crippen LogP contribution is 2.26. The molecule has 0 aromatic carbocycles. The number of aliphatic hydroxyl groups is 5. The van der Waals surface area contributed by atoms with Gasteiger partial charge in [-0.3, -0.25) is 9.59 Å². The van der Waals surface area contributed by atoms with E-state index in [2.05, 4.69) is 172 Å². The Bertz CT molecular complexity index is 2090. The van der Waals surface area contributed by atoms with Crippen molar-refractivity contribution in [1.29, 1.82) is 0 Å². The molecule has 0 radical (unpaired) electrons. The molecule has 11 heteroatoms. The Morgan fingerprint density at radius 3 is 1.19 bits per heavy atom. The quantitative estimate of drug-likeness (QED) is 0.0195. The topological polar surface area (TPSA) is 175 Å². The van der Waals surface area contributed by atoms with Crippen molar-refractivity contribution in [3.05, 3.63) is 158 Å². The fourth-order valence-electron chi connectivity index (χ4n) is 10.3. The van der Waals surface area contributed by atoms with Gasteiger partial charge in [-0.2, -0.15) is 0 Å². The average molecular weight is 1270 g/mol. The number of allylic oxidation sites excluding steroid dienone is 25. The molecule has 11 nitrogen and oxygen atoms in total. The molecule has 8 unspecified atom stereocenters. The summed E-state index contributed by atoms with van der Waals surface area (Å²) in [5, 5.41) is 57.2. The molecule has 6 N–H and O–H groups in total. The summed E-state index contributed by atoms with van der Waals surface area (Å²) in [4.78, 5) is 26.7. The molecule has 91 heavy (non-hydrogen) atoms. The third-order valence-corrected chi connectivity index (χ3v) is 15.9. The largest absolute Gasteiger partial charge is 0.454 e. The molecule has 1 rings (SSSR count). The second-order valence-corrected chi connectivity index (χ2v) is 24.2. The summed E-state index contributed by atoms with van der Waals surface area (Å²) in [5.41, 5.74) is 0. The molecule has 1 fully saturated rings. The molecule has 1 heterocycles. The first-order valence-corrected chi connectivity index (χ1v) is 36.3. The smallest absolute Gasteiger partial charge is 0.306 e. The van der Waals surface area contributed by atoms with Crippen molar-refractivity contribution in [2.75, 3.05) is 13.2 Å². The second kappa shape index (κ2) is 65.3. The van der Waals surface area contributed by atoms with Gasteiger partial charge < -0.3 is 45.1 Å². The monoisotopic (exact) mass is 1270 g/mol. The highest BCUT2D eigenvalue weighted by molar-refractivity contribution is 5.80. The minimum atomic E-state index is -1.63. The van der Waals surface area contributed by atoms with Crippen LogP contribution in [0.1, 0.15) is 271 Å². The Morgan fingerprint density at radius 1 is 0.440 bits per heavy atom. The first-order valence-electron chi connectivity index (χ1n) is 36.3. The van der Waals surface area contributed by atoms with Gasteiger partial charge in [0.15, 0.2) is 12.4 Å². The van der Waals surface area contributed by atoms with Crippen molar-refractivity contribution < 1.29 is 49.3 Å². The van der Waals surface area contributed by atoms with Crippen LogP contribution in [0.5, 0.6) is 0 Å². The van der Waals surface area contributed by atoms with Crippen LogP contribution >= 0.6 is 0 Å². The SMILES string of the molecule is CC/C=C\C/C=C\C/C=C\C/C=C\C/C=C\C/C=C\CCCCCCCCCCC(=O)OC1C(OCC(NC(=O)C(O)CCCCCCC/C=C\C/C=C\C/C=C\C/C=C\C/C=C\C/C=C\CC)C(O)/C=C/CCCCCCCCCCC)OC(CO)C(O)C1O. The molecular formula is C80H131NO10. The summed E-state index contributed by atoms with van der Waals surface area (Å²) in [6.45, 7) is 5.55. The number of hydrogen-bond donors (Lipinski definition) is 6. The second-order valence-electron chi connectivity index (χ2n) is 24.2. The Hall–Kier alpha value is -4.72. The van der Waals surface area contributed by atoms with Gasteiger partial charge in [-0.1, -0.05) is 294 Å². The zero-order valence-electron chi connectivity index (χ0n) is 57.4. The number of ether oxygens (including phenoxy) is 3. The number of nitrogens with one attached hydrogen (secondary N) is 1. The third kappa shape index (κ3) is 52.4. The maximum atomic E-state index is 13.5. The molecular weight excluding hydrogens is 1130 g/mol. The van der Waals surface area contributed by atoms with Gasteiger partial charge in [0.1, 0.15) is 24.4 Å². The number of esters is 1. The van der Waals surface area contributed by atoms with Crippen molar-refractivity contribution >= 4 is 11.9 Å². The van der Waals surface area contributed by atoms with Crippen LogP contribution in [0.2, 0.25) is 0 Å². The number of carbonyl (C=O) groups is 2. The van der Waals surface area contributed by atoms with Crippen molar-refractivity contribution in [2.24, 2.45) is 0 Å². The zero-order chi connectivity index (χ0) is 66.0. The van der Waals surface area contributed by atoms with Gasteiger partial charge in [0.05, 0.1) is 25.4 Å². The van der Waals surface area contributed by atoms with E-state index in [4.69, 9.17) is 14.2 Å². The number of hydrogen-bond acceptors (Lipinski definition) is 10. The Morgan fingerprint density at radius 2 is 0.791 bits per heavy atom. The zero-order valence-corrected chi connectivity index (χ0v) is 57.4. The molecule has 0 aromatic heterocycles. The van der Waals surface area contributed by atoms with E-state index < -0.39 is 67.4 Å². The predicted octanol–water partition coefficient (Wildman–Crippen LogP) is 19.1. The predicted molar refractivity (Wildman–Crippen MR) is 383 cm³/mol. The van der Waals surface area contributed by atoms with E-state index in [1.54, 1.807) is 6.08 Å². The lowest BCUT2D eigenvalue weighted by Crippen LogP contribution is -2.61. The first kappa shape index (κ1) is 84.3. The molecule has 0 spiro atoms. The number of rotatable bonds is 60. The van der Waals surface area contributed by atoms with Crippen LogP contribution in [0.3, 0.4) is 0 Å². The Labute approximate surface area is 555 Å². The molecule has 516 valence electrons. The van der Waals surface area contributed by atoms with E-state index in [0.29, 0.717) is 12.8 Å². The summed E-state index contributed by atoms with van der Waals surface area (Å²) in [7, 11) is 0. The summed E-state index contributed by atoms with van der Waals surface area (Å²) in [6, 6.07) is -1.05. The van der Waals surface area contributed by atoms with Crippen molar-refractivity contribution in [3.8, 4) is 0 Å². The van der Waals surface area contributed by atoms with Gasteiger partial charge in [-0.05, 0) is 128 Å². The maximum absolute atomic E-state index is 13.5. The van der Waals surface area contributed by atoms with E-state index in [-0.39, 0.29) is 19.4 Å². The average Bonchev–Trinajstić information content (AvgIpc) is 1.14. The Balaban J connectivity index is 2.57. The lowest BCUT2D eigenvalue weighted by atomic mass is 9.99. The van der Waals surface area contributed by atoms with Crippen molar-refractivity contribution in [2.45, 2.75) is 320 Å². The van der Waals surface area contributed by atoms with Gasteiger partial charge in [-0.25, -0.2) is 0 Å². The lowest BCUT2D eigenvalue weighted by Gasteiger charge is -2.41. The molecule has 1 aliphatic heterocycles. The third-order valence-electron chi connectivity index (χ3n) is 15.9. The summed E-state index contributed by atoms with van der Waals surface area (Å²) < 4.78 is 17.7. The first-order chi connectivity index (χ1) is 44.7. The number of amides is 1. The van der Waals surface area contributed by atoms with Crippen LogP contribution in [0.4, 0.5) is 0 Å². The van der Waals surface area contributed by atoms with E-state index in [1.165, 1.54) is 57.8 Å². The summed E-state index contributed by atoms with van der Waals surface area (Å²) >= 11 is 0. The molecule has 1 amide bonds. The molecule has 1 aliphatic rings. The van der Waals surface area contributed by atoms with Gasteiger partial charge >= 0.3 is 5.97 Å². The summed E-state index contributed by atoms with van der Waals surface area (Å²) in [6.07, 6.45) is 85.6. The standard InChI is InChI=1S/C80H131NO10/c1-4-7-10-13-16-19-22-24-26-28-30-32-34-36-37-38-40-42-44-46-48-50-53-56-59-62-65-68-75(85)91-78-77(87)76(86)74(69-82)90-80(78)89-70-71(72(83)66-63-60-57-54-51-21-18-15-12-9-6-3)81-79(88)73(84)67-64-61-58-55-52-49-47-45-43-41-39-35-33-31-29-27-25-23-20-17-14-11-8-5-2/h7-8,10-11,16-17,19-20,24-27,30-33,36-37,39-42,45,47,63,66,71-74,76-78,80,82-84,86-87H,4-6,9,12-15,18,21-23,28-29,34-35,38,43-44,46,48-62,64-65,67-70H2,1-3H3,(H,81,88)/b10-7-,11-8-,19-16-,20-17-,26-24-,27-25-,32-30-,33-31-,37-36-,41-39-,42-40-,47-45-,66-63+. The van der Waals surface area contributed by atoms with Crippen LogP contribution in [0.15, 0.2) is 158 Å². The Kier molecular flexibility index (Phi) is 60.5. The van der Waals surface area contributed by atoms with Crippen LogP contribution < -0.4 is 5.32 Å². The lowest BCUT2D eigenvalue weighted by molar-refractivity contribution is -0.305. The fraction of sp³-hybridized carbons (Fsp3) is 0.650. The van der Waals surface area contributed by atoms with E-state index in [1.807, 2.05) is 6.08 Å². The molecule has 1 saturated heterocycles. The maximum Gasteiger partial charge on any atom is 0.306 e. The van der Waals surface area contributed by atoms with Crippen LogP contribution in [0.25, 0.3) is 0 Å². The van der Waals surface area contributed by atoms with Crippen molar-refractivity contribution in [3.63, 3.8) is 0 Å². The van der Waals surface area contributed by atoms with Gasteiger partial charge in [0, 0.05) is 6.42 Å². The molecule has 0 saturated carbocycles. The minimum Gasteiger partial charge on any atom is -0.454 e. The number of aliphatic hydroxyl groups excluding tert-OH is 5. The summed E-state index contributed by atoms with van der Waals surface area (Å²) in [5.74, 6) is -1.23. The minimum absolute atomic E-state index is 0.102. The fourth-order valence-corrected chi connectivity index (χ4v) is 10.3. The van der Waals surface area contributed by atoms with Crippen LogP contribution in [-0.2, 0) is 23.8 Å². The van der Waals surface area contributed by atoms with Crippen LogP contribution in [0, 0.1) is 0 Å². The molecule has 8 atom stereocenters. The van der Waals surface area contributed by atoms with E-state index in [0.717, 1.165) is 167 Å².